The maximum atomic E-state index is 11.5. The van der Waals surface area contributed by atoms with Crippen LogP contribution >= 0.6 is 0 Å². The third-order valence-electron chi connectivity index (χ3n) is 3.35. The van der Waals surface area contributed by atoms with E-state index in [0.717, 1.165) is 12.6 Å². The second-order valence-electron chi connectivity index (χ2n) is 6.33. The molecular formula is C13H28KNO2Si. The molecule has 0 atom stereocenters. The summed E-state index contributed by atoms with van der Waals surface area (Å²) < 4.78 is 5.19. The molecule has 0 unspecified atom stereocenters. The number of carbonyl (C=O) groups excluding carboxylic acids is 1. The van der Waals surface area contributed by atoms with Crippen LogP contribution in [0, 0.1) is 5.92 Å². The Kier molecular flexibility index (Phi) is 10.6. The molecule has 0 aromatic rings. The molecule has 3 nitrogen and oxygen atoms in total. The third-order valence-corrected chi connectivity index (χ3v) is 5.05. The average Bonchev–Trinajstić information content (AvgIpc) is 2.26. The topological polar surface area (TPSA) is 38.3 Å². The number of nitrogens with one attached hydrogen (secondary N) is 1. The quantitative estimate of drug-likeness (QED) is 0.792. The molecule has 0 spiro atoms. The van der Waals surface area contributed by atoms with Gasteiger partial charge >= 0.3 is 57.5 Å². The molecule has 102 valence electrons. The van der Waals surface area contributed by atoms with Crippen molar-refractivity contribution < 1.29 is 9.53 Å². The van der Waals surface area contributed by atoms with Crippen LogP contribution in [0.4, 0.5) is 4.79 Å². The molecule has 0 saturated heterocycles. The molecule has 1 saturated carbocycles. The summed E-state index contributed by atoms with van der Waals surface area (Å²) in [7, 11) is -1.08. The van der Waals surface area contributed by atoms with Crippen LogP contribution in [0.5, 0.6) is 0 Å². The third kappa shape index (κ3) is 9.98. The zero-order chi connectivity index (χ0) is 12.7. The first kappa shape index (κ1) is 19.1. The van der Waals surface area contributed by atoms with Gasteiger partial charge < -0.3 is 10.1 Å². The molecule has 0 aliphatic heterocycles. The molecule has 0 heterocycles. The van der Waals surface area contributed by atoms with Crippen LogP contribution in [0.25, 0.3) is 0 Å². The van der Waals surface area contributed by atoms with Crippen molar-refractivity contribution >= 4 is 65.6 Å². The number of rotatable bonds is 5. The summed E-state index contributed by atoms with van der Waals surface area (Å²) in [6, 6.07) is 1.05. The summed E-state index contributed by atoms with van der Waals surface area (Å²) in [5, 5.41) is 2.89. The standard InChI is InChI=1S/C13H27NO2Si.K.H/c1-17(2,3)10-9-16-13(15)14-11-12-7-5-4-6-8-12;;/h12H,4-11H2,1-3H3,(H,14,15);;. The van der Waals surface area contributed by atoms with Gasteiger partial charge in [-0.1, -0.05) is 38.9 Å². The first-order valence-electron chi connectivity index (χ1n) is 6.88. The Bertz CT molecular complexity index is 238. The van der Waals surface area contributed by atoms with Gasteiger partial charge in [0, 0.05) is 14.6 Å². The fourth-order valence-corrected chi connectivity index (χ4v) is 2.83. The normalized spacial score (nSPS) is 16.8. The molecule has 1 aliphatic rings. The molecule has 0 radical (unpaired) electrons. The summed E-state index contributed by atoms with van der Waals surface area (Å²) in [6.45, 7) is 8.24. The van der Waals surface area contributed by atoms with E-state index in [1.165, 1.54) is 32.1 Å². The minimum absolute atomic E-state index is 0. The predicted octanol–water partition coefficient (Wildman–Crippen LogP) is 2.98. The van der Waals surface area contributed by atoms with Crippen LogP contribution in [0.3, 0.4) is 0 Å². The van der Waals surface area contributed by atoms with Crippen LogP contribution in [-0.4, -0.2) is 78.7 Å². The van der Waals surface area contributed by atoms with Gasteiger partial charge in [-0.15, -0.1) is 0 Å². The zero-order valence-electron chi connectivity index (χ0n) is 11.6. The van der Waals surface area contributed by atoms with Gasteiger partial charge in [0.05, 0.1) is 6.61 Å². The van der Waals surface area contributed by atoms with E-state index in [4.69, 9.17) is 4.74 Å². The predicted molar refractivity (Wildman–Crippen MR) is 81.2 cm³/mol. The van der Waals surface area contributed by atoms with Gasteiger partial charge in [-0.05, 0) is 24.8 Å². The summed E-state index contributed by atoms with van der Waals surface area (Å²) in [5.41, 5.74) is 0. The monoisotopic (exact) mass is 297 g/mol. The Morgan fingerprint density at radius 1 is 1.22 bits per heavy atom. The number of ether oxygens (including phenoxy) is 1. The van der Waals surface area contributed by atoms with Gasteiger partial charge in [0.15, 0.2) is 0 Å². The Balaban J connectivity index is 0.00000289. The Hall–Kier alpha value is 1.12. The SMILES string of the molecule is C[Si](C)(C)CCOC(=O)NCC1CCCCC1.[KH]. The van der Waals surface area contributed by atoms with Gasteiger partial charge in [-0.25, -0.2) is 4.79 Å². The molecule has 0 aromatic heterocycles. The van der Waals surface area contributed by atoms with Crippen molar-refractivity contribution in [2.24, 2.45) is 5.92 Å². The van der Waals surface area contributed by atoms with Crippen LogP contribution < -0.4 is 5.32 Å². The molecule has 1 amide bonds. The fraction of sp³-hybridized carbons (Fsp3) is 0.923. The maximum absolute atomic E-state index is 11.5. The van der Waals surface area contributed by atoms with E-state index in [2.05, 4.69) is 25.0 Å². The summed E-state index contributed by atoms with van der Waals surface area (Å²) >= 11 is 0. The van der Waals surface area contributed by atoms with E-state index < -0.39 is 8.07 Å². The molecule has 1 aliphatic carbocycles. The van der Waals surface area contributed by atoms with Gasteiger partial charge in [0.2, 0.25) is 0 Å². The molecule has 1 N–H and O–H groups in total. The fourth-order valence-electron chi connectivity index (χ4n) is 2.12. The van der Waals surface area contributed by atoms with Gasteiger partial charge in [0.1, 0.15) is 0 Å². The van der Waals surface area contributed by atoms with E-state index in [1.54, 1.807) is 0 Å². The molecule has 5 heteroatoms. The summed E-state index contributed by atoms with van der Waals surface area (Å²) in [6.07, 6.45) is 6.28. The van der Waals surface area contributed by atoms with E-state index in [-0.39, 0.29) is 57.5 Å². The van der Waals surface area contributed by atoms with Gasteiger partial charge in [-0.3, -0.25) is 0 Å². The molecule has 0 bridgehead atoms. The van der Waals surface area contributed by atoms with E-state index >= 15 is 0 Å². The molecule has 18 heavy (non-hydrogen) atoms. The number of hydrogen-bond donors (Lipinski definition) is 1. The first-order valence-corrected chi connectivity index (χ1v) is 10.6. The minimum atomic E-state index is -1.08. The van der Waals surface area contributed by atoms with Crippen molar-refractivity contribution in [2.75, 3.05) is 13.2 Å². The Morgan fingerprint density at radius 3 is 2.39 bits per heavy atom. The molecule has 0 aromatic carbocycles. The van der Waals surface area contributed by atoms with E-state index in [0.29, 0.717) is 12.5 Å². The van der Waals surface area contributed by atoms with Crippen molar-refractivity contribution in [3.63, 3.8) is 0 Å². The van der Waals surface area contributed by atoms with Crippen LogP contribution in [0.1, 0.15) is 32.1 Å². The second kappa shape index (κ2) is 9.94. The van der Waals surface area contributed by atoms with Crippen molar-refractivity contribution in [2.45, 2.75) is 57.8 Å². The van der Waals surface area contributed by atoms with Crippen molar-refractivity contribution in [1.29, 1.82) is 0 Å². The average molecular weight is 298 g/mol. The van der Waals surface area contributed by atoms with E-state index in [1.807, 2.05) is 0 Å². The second-order valence-corrected chi connectivity index (χ2v) is 12.0. The van der Waals surface area contributed by atoms with Crippen LogP contribution in [0.2, 0.25) is 25.7 Å². The molecule has 1 rings (SSSR count). The number of alkyl carbamates (subject to hydrolysis) is 1. The van der Waals surface area contributed by atoms with Crippen molar-refractivity contribution in [1.82, 2.24) is 5.32 Å². The zero-order valence-corrected chi connectivity index (χ0v) is 12.6. The Labute approximate surface area is 155 Å². The van der Waals surface area contributed by atoms with E-state index in [9.17, 15) is 4.79 Å². The molecule has 1 fully saturated rings. The number of hydrogen-bond acceptors (Lipinski definition) is 2. The first-order chi connectivity index (χ1) is 7.97. The molecular weight excluding hydrogens is 269 g/mol. The van der Waals surface area contributed by atoms with Crippen molar-refractivity contribution in [3.05, 3.63) is 0 Å². The van der Waals surface area contributed by atoms with Crippen molar-refractivity contribution in [3.8, 4) is 0 Å². The number of carbonyl (C=O) groups is 1. The van der Waals surface area contributed by atoms with Crippen LogP contribution in [0.15, 0.2) is 0 Å². The summed E-state index contributed by atoms with van der Waals surface area (Å²) in [4.78, 5) is 11.5. The van der Waals surface area contributed by atoms with Gasteiger partial charge in [-0.2, -0.15) is 0 Å². The van der Waals surface area contributed by atoms with Crippen LogP contribution in [-0.2, 0) is 4.74 Å². The number of amides is 1. The van der Waals surface area contributed by atoms with Gasteiger partial charge in [0.25, 0.3) is 0 Å². The Morgan fingerprint density at radius 2 is 1.83 bits per heavy atom. The summed E-state index contributed by atoms with van der Waals surface area (Å²) in [5.74, 6) is 0.674.